The van der Waals surface area contributed by atoms with Crippen LogP contribution in [-0.2, 0) is 38.3 Å². The molecule has 1 heterocycles. The highest BCUT2D eigenvalue weighted by Gasteiger charge is 2.48. The summed E-state index contributed by atoms with van der Waals surface area (Å²) in [5, 5.41) is 30.6. The van der Waals surface area contributed by atoms with Crippen LogP contribution in [0.25, 0.3) is 0 Å². The molecule has 1 rings (SSSR count). The van der Waals surface area contributed by atoms with Crippen molar-refractivity contribution in [3.8, 4) is 0 Å². The zero-order valence-corrected chi connectivity index (χ0v) is 34.5. The van der Waals surface area contributed by atoms with Crippen LogP contribution in [0.4, 0.5) is 0 Å². The molecule has 0 bridgehead atoms. The number of allylic oxidation sites excluding steroid dienone is 8. The van der Waals surface area contributed by atoms with E-state index in [0.717, 1.165) is 89.9 Å². The molecule has 6 atom stereocenters. The van der Waals surface area contributed by atoms with Crippen LogP contribution in [-0.4, -0.2) is 97.5 Å². The van der Waals surface area contributed by atoms with Crippen molar-refractivity contribution in [3.63, 3.8) is 0 Å². The van der Waals surface area contributed by atoms with Gasteiger partial charge in [-0.1, -0.05) is 127 Å². The molecule has 1 aliphatic heterocycles. The second-order valence-electron chi connectivity index (χ2n) is 14.2. The molecule has 0 aliphatic carbocycles. The minimum absolute atomic E-state index is 0.0214. The molecule has 1 saturated heterocycles. The summed E-state index contributed by atoms with van der Waals surface area (Å²) in [6.45, 7) is 3.82. The third kappa shape index (κ3) is 28.2. The number of esters is 1. The zero-order valence-electron chi connectivity index (χ0n) is 33.7. The molecule has 0 radical (unpaired) electrons. The van der Waals surface area contributed by atoms with E-state index in [1.165, 1.54) is 32.1 Å². The van der Waals surface area contributed by atoms with Gasteiger partial charge in [-0.05, 0) is 64.2 Å². The zero-order chi connectivity index (χ0) is 40.4. The Morgan fingerprint density at radius 2 is 1.24 bits per heavy atom. The first kappa shape index (κ1) is 51.1. The molecule has 13 heteroatoms. The second-order valence-corrected chi connectivity index (χ2v) is 15.3. The lowest BCUT2D eigenvalue weighted by molar-refractivity contribution is -0.301. The lowest BCUT2D eigenvalue weighted by Crippen LogP contribution is -2.60. The van der Waals surface area contributed by atoms with E-state index in [2.05, 4.69) is 66.6 Å². The Labute approximate surface area is 332 Å². The van der Waals surface area contributed by atoms with E-state index >= 15 is 0 Å². The fourth-order valence-electron chi connectivity index (χ4n) is 5.96. The van der Waals surface area contributed by atoms with Crippen LogP contribution >= 0.6 is 0 Å². The normalized spacial score (nSPS) is 21.5. The van der Waals surface area contributed by atoms with Crippen LogP contribution in [0, 0.1) is 0 Å². The lowest BCUT2D eigenvalue weighted by atomic mass is 9.99. The van der Waals surface area contributed by atoms with Gasteiger partial charge < -0.3 is 34.3 Å². The summed E-state index contributed by atoms with van der Waals surface area (Å²) in [6, 6.07) is 0. The third-order valence-electron chi connectivity index (χ3n) is 9.15. The number of carbonyl (C=O) groups is 1. The van der Waals surface area contributed by atoms with Crippen LogP contribution in [0.1, 0.15) is 149 Å². The van der Waals surface area contributed by atoms with Crippen molar-refractivity contribution in [3.05, 3.63) is 48.6 Å². The first-order valence-electron chi connectivity index (χ1n) is 20.9. The Morgan fingerprint density at radius 3 is 1.80 bits per heavy atom. The predicted octanol–water partition coefficient (Wildman–Crippen LogP) is 8.02. The van der Waals surface area contributed by atoms with E-state index < -0.39 is 59.8 Å². The topological polar surface area (TPSA) is 178 Å². The molecule has 6 unspecified atom stereocenters. The summed E-state index contributed by atoms with van der Waals surface area (Å²) in [5.41, 5.74) is 0. The average Bonchev–Trinajstić information content (AvgIpc) is 3.15. The molecule has 0 amide bonds. The number of hydrogen-bond acceptors (Lipinski definition) is 11. The van der Waals surface area contributed by atoms with Gasteiger partial charge in [0.25, 0.3) is 0 Å². The second kappa shape index (κ2) is 34.1. The molecule has 55 heavy (non-hydrogen) atoms. The molecule has 0 aromatic carbocycles. The Hall–Kier alpha value is -1.94. The summed E-state index contributed by atoms with van der Waals surface area (Å²) in [7, 11) is -5.06. The molecule has 12 nitrogen and oxygen atoms in total. The fraction of sp³-hybridized carbons (Fsp3) is 0.786. The summed E-state index contributed by atoms with van der Waals surface area (Å²) in [5.74, 6) is -0.420. The van der Waals surface area contributed by atoms with Crippen molar-refractivity contribution in [2.24, 2.45) is 0 Å². The van der Waals surface area contributed by atoms with Crippen molar-refractivity contribution in [2.75, 3.05) is 26.4 Å². The van der Waals surface area contributed by atoms with Gasteiger partial charge in [-0.3, -0.25) is 9.35 Å². The van der Waals surface area contributed by atoms with Gasteiger partial charge >= 0.3 is 16.4 Å². The quantitative estimate of drug-likeness (QED) is 0.0210. The van der Waals surface area contributed by atoms with Crippen LogP contribution in [0.5, 0.6) is 0 Å². The maximum absolute atomic E-state index is 12.8. The van der Waals surface area contributed by atoms with Crippen molar-refractivity contribution in [1.82, 2.24) is 0 Å². The van der Waals surface area contributed by atoms with Crippen molar-refractivity contribution >= 4 is 16.4 Å². The van der Waals surface area contributed by atoms with E-state index in [9.17, 15) is 28.5 Å². The van der Waals surface area contributed by atoms with Gasteiger partial charge in [0.2, 0.25) is 0 Å². The molecule has 4 N–H and O–H groups in total. The van der Waals surface area contributed by atoms with Gasteiger partial charge in [0, 0.05) is 13.0 Å². The lowest BCUT2D eigenvalue weighted by Gasteiger charge is -2.41. The maximum atomic E-state index is 12.8. The van der Waals surface area contributed by atoms with E-state index in [1.807, 2.05) is 0 Å². The molecule has 0 saturated carbocycles. The van der Waals surface area contributed by atoms with Gasteiger partial charge in [-0.2, -0.15) is 8.42 Å². The number of aliphatic hydroxyl groups is 3. The standard InChI is InChI=1S/C42H74O12S/c1-3-5-7-9-11-13-15-17-18-20-22-24-26-28-30-32-50-34-36(35-51-42-40(46)41(54-55(47,48)49)39(45)37(33-43)53-42)52-38(44)31-29-27-25-23-21-19-16-14-12-10-8-6-4-2/h8-11,14-17,36-37,39-43,45-46H,3-7,12-13,18-35H2,1-2H3,(H,47,48,49)/b10-8-,11-9-,16-14-,17-15-. The Balaban J connectivity index is 2.49. The number of rotatable bonds is 35. The van der Waals surface area contributed by atoms with Crippen LogP contribution < -0.4 is 0 Å². The highest BCUT2D eigenvalue weighted by Crippen LogP contribution is 2.26. The molecular weight excluding hydrogens is 729 g/mol. The van der Waals surface area contributed by atoms with Crippen molar-refractivity contribution in [2.45, 2.75) is 185 Å². The van der Waals surface area contributed by atoms with Gasteiger partial charge in [0.05, 0.1) is 19.8 Å². The highest BCUT2D eigenvalue weighted by atomic mass is 32.3. The SMILES string of the molecule is CCC/C=C\C/C=C\CCCCCCCC(=O)OC(COCCCCCCCC/C=C\C/C=C\CCCC)COC1OC(CO)C(O)C(OS(=O)(=O)O)C1O. The maximum Gasteiger partial charge on any atom is 0.397 e. The average molecular weight is 803 g/mol. The molecule has 1 aliphatic rings. The predicted molar refractivity (Wildman–Crippen MR) is 216 cm³/mol. The first-order valence-corrected chi connectivity index (χ1v) is 22.3. The largest absolute Gasteiger partial charge is 0.457 e. The summed E-state index contributed by atoms with van der Waals surface area (Å²) < 4.78 is 58.9. The van der Waals surface area contributed by atoms with E-state index in [4.69, 9.17) is 23.5 Å². The molecule has 0 aromatic rings. The Kier molecular flexibility index (Phi) is 31.7. The van der Waals surface area contributed by atoms with Crippen LogP contribution in [0.15, 0.2) is 48.6 Å². The summed E-state index contributed by atoms with van der Waals surface area (Å²) in [4.78, 5) is 12.8. The molecule has 320 valence electrons. The monoisotopic (exact) mass is 802 g/mol. The molecule has 1 fully saturated rings. The molecule has 0 aromatic heterocycles. The van der Waals surface area contributed by atoms with Crippen LogP contribution in [0.3, 0.4) is 0 Å². The smallest absolute Gasteiger partial charge is 0.397 e. The van der Waals surface area contributed by atoms with Gasteiger partial charge in [0.15, 0.2) is 6.29 Å². The summed E-state index contributed by atoms with van der Waals surface area (Å²) in [6.07, 6.45) is 30.0. The Bertz CT molecular complexity index is 1160. The Morgan fingerprint density at radius 1 is 0.691 bits per heavy atom. The van der Waals surface area contributed by atoms with Crippen molar-refractivity contribution < 1.29 is 56.2 Å². The van der Waals surface area contributed by atoms with E-state index in [0.29, 0.717) is 13.0 Å². The number of hydrogen-bond donors (Lipinski definition) is 4. The number of ether oxygens (including phenoxy) is 4. The van der Waals surface area contributed by atoms with Crippen LogP contribution in [0.2, 0.25) is 0 Å². The molecular formula is C42H74O12S. The van der Waals surface area contributed by atoms with Crippen molar-refractivity contribution in [1.29, 1.82) is 0 Å². The van der Waals surface area contributed by atoms with Gasteiger partial charge in [-0.25, -0.2) is 4.18 Å². The van der Waals surface area contributed by atoms with E-state index in [1.54, 1.807) is 0 Å². The van der Waals surface area contributed by atoms with Gasteiger partial charge in [0.1, 0.15) is 30.5 Å². The minimum atomic E-state index is -5.06. The highest BCUT2D eigenvalue weighted by molar-refractivity contribution is 7.80. The fourth-order valence-corrected chi connectivity index (χ4v) is 6.47. The van der Waals surface area contributed by atoms with E-state index in [-0.39, 0.29) is 19.6 Å². The molecule has 0 spiro atoms. The first-order chi connectivity index (χ1) is 26.6. The number of unbranched alkanes of at least 4 members (excludes halogenated alkanes) is 14. The summed E-state index contributed by atoms with van der Waals surface area (Å²) >= 11 is 0. The minimum Gasteiger partial charge on any atom is -0.457 e. The number of carbonyl (C=O) groups excluding carboxylic acids is 1. The van der Waals surface area contributed by atoms with Gasteiger partial charge in [-0.15, -0.1) is 0 Å². The number of aliphatic hydroxyl groups excluding tert-OH is 3. The third-order valence-corrected chi connectivity index (χ3v) is 9.62.